The van der Waals surface area contributed by atoms with Crippen LogP contribution in [0.25, 0.3) is 0 Å². The van der Waals surface area contributed by atoms with Gasteiger partial charge in [-0.3, -0.25) is 4.79 Å². The molecule has 0 aromatic heterocycles. The van der Waals surface area contributed by atoms with Crippen LogP contribution in [-0.2, 0) is 4.79 Å². The van der Waals surface area contributed by atoms with Gasteiger partial charge in [0.15, 0.2) is 0 Å². The standard InChI is InChI=1S/C13H26N2O/c1-12(2,3)11(16)15(6)10-13(14(4)5)8-7-9-13/h7-10H2,1-6H3. The minimum Gasteiger partial charge on any atom is -0.343 e. The summed E-state index contributed by atoms with van der Waals surface area (Å²) in [4.78, 5) is 16.3. The van der Waals surface area contributed by atoms with Gasteiger partial charge >= 0.3 is 0 Å². The maximum absolute atomic E-state index is 12.1. The first-order valence-electron chi connectivity index (χ1n) is 6.12. The van der Waals surface area contributed by atoms with Crippen LogP contribution in [0.5, 0.6) is 0 Å². The molecule has 1 rings (SSSR count). The highest BCUT2D eigenvalue weighted by molar-refractivity contribution is 5.81. The van der Waals surface area contributed by atoms with Gasteiger partial charge in [-0.05, 0) is 33.4 Å². The summed E-state index contributed by atoms with van der Waals surface area (Å²) in [6.07, 6.45) is 3.71. The smallest absolute Gasteiger partial charge is 0.227 e. The minimum atomic E-state index is -0.272. The van der Waals surface area contributed by atoms with E-state index in [9.17, 15) is 4.79 Å². The molecule has 0 radical (unpaired) electrons. The fourth-order valence-corrected chi connectivity index (χ4v) is 2.42. The summed E-state index contributed by atoms with van der Waals surface area (Å²) in [5, 5.41) is 0. The SMILES string of the molecule is CN(CC1(N(C)C)CCC1)C(=O)C(C)(C)C. The lowest BCUT2D eigenvalue weighted by atomic mass is 9.75. The second-order valence-corrected chi connectivity index (χ2v) is 6.38. The van der Waals surface area contributed by atoms with E-state index in [1.165, 1.54) is 19.3 Å². The van der Waals surface area contributed by atoms with E-state index in [4.69, 9.17) is 0 Å². The molecule has 1 aliphatic carbocycles. The molecule has 1 aliphatic rings. The normalized spacial score (nSPS) is 19.4. The van der Waals surface area contributed by atoms with E-state index < -0.39 is 0 Å². The molecule has 0 spiro atoms. The summed E-state index contributed by atoms with van der Waals surface area (Å²) in [6.45, 7) is 6.80. The van der Waals surface area contributed by atoms with E-state index >= 15 is 0 Å². The lowest BCUT2D eigenvalue weighted by Crippen LogP contribution is -2.58. The molecule has 3 nitrogen and oxygen atoms in total. The number of nitrogens with zero attached hydrogens (tertiary/aromatic N) is 2. The third-order valence-electron chi connectivity index (χ3n) is 3.75. The van der Waals surface area contributed by atoms with Gasteiger partial charge in [0.25, 0.3) is 0 Å². The quantitative estimate of drug-likeness (QED) is 0.734. The number of hydrogen-bond donors (Lipinski definition) is 0. The van der Waals surface area contributed by atoms with E-state index in [1.807, 2.05) is 32.7 Å². The van der Waals surface area contributed by atoms with Crippen molar-refractivity contribution in [2.75, 3.05) is 27.7 Å². The molecule has 3 heteroatoms. The number of carbonyl (C=O) groups is 1. The van der Waals surface area contributed by atoms with Crippen LogP contribution in [0, 0.1) is 5.41 Å². The molecule has 1 amide bonds. The number of likely N-dealkylation sites (N-methyl/N-ethyl adjacent to an activating group) is 2. The van der Waals surface area contributed by atoms with Gasteiger partial charge in [0, 0.05) is 24.5 Å². The Balaban J connectivity index is 2.63. The van der Waals surface area contributed by atoms with E-state index in [0.29, 0.717) is 0 Å². The number of hydrogen-bond acceptors (Lipinski definition) is 2. The molecule has 1 fully saturated rings. The van der Waals surface area contributed by atoms with E-state index in [-0.39, 0.29) is 16.9 Å². The monoisotopic (exact) mass is 226 g/mol. The number of amides is 1. The molecule has 0 atom stereocenters. The maximum atomic E-state index is 12.1. The predicted molar refractivity (Wildman–Crippen MR) is 67.4 cm³/mol. The molecule has 16 heavy (non-hydrogen) atoms. The predicted octanol–water partition coefficient (Wildman–Crippen LogP) is 1.98. The molecule has 0 heterocycles. The Kier molecular flexibility index (Phi) is 3.68. The third-order valence-corrected chi connectivity index (χ3v) is 3.75. The molecule has 94 valence electrons. The molecule has 0 aromatic rings. The number of rotatable bonds is 3. The highest BCUT2D eigenvalue weighted by Crippen LogP contribution is 2.37. The van der Waals surface area contributed by atoms with Crippen LogP contribution in [0.4, 0.5) is 0 Å². The maximum Gasteiger partial charge on any atom is 0.227 e. The van der Waals surface area contributed by atoms with Gasteiger partial charge in [0.05, 0.1) is 0 Å². The summed E-state index contributed by atoms with van der Waals surface area (Å²) in [6, 6.07) is 0. The zero-order chi connectivity index (χ0) is 12.6. The van der Waals surface area contributed by atoms with Crippen LogP contribution >= 0.6 is 0 Å². The fraction of sp³-hybridized carbons (Fsp3) is 0.923. The Morgan fingerprint density at radius 3 is 1.94 bits per heavy atom. The van der Waals surface area contributed by atoms with Crippen molar-refractivity contribution >= 4 is 5.91 Å². The summed E-state index contributed by atoms with van der Waals surface area (Å²) < 4.78 is 0. The average molecular weight is 226 g/mol. The fourth-order valence-electron chi connectivity index (χ4n) is 2.42. The van der Waals surface area contributed by atoms with Gasteiger partial charge in [-0.15, -0.1) is 0 Å². The molecule has 1 saturated carbocycles. The van der Waals surface area contributed by atoms with Gasteiger partial charge in [0.2, 0.25) is 5.91 Å². The molecule has 0 N–H and O–H groups in total. The molecule has 0 saturated heterocycles. The van der Waals surface area contributed by atoms with E-state index in [1.54, 1.807) is 0 Å². The van der Waals surface area contributed by atoms with E-state index in [2.05, 4.69) is 19.0 Å². The first kappa shape index (κ1) is 13.5. The molecule has 0 aliphatic heterocycles. The van der Waals surface area contributed by atoms with Crippen LogP contribution in [0.2, 0.25) is 0 Å². The first-order chi connectivity index (χ1) is 7.19. The van der Waals surface area contributed by atoms with Crippen molar-refractivity contribution in [3.05, 3.63) is 0 Å². The van der Waals surface area contributed by atoms with Crippen molar-refractivity contribution in [2.24, 2.45) is 5.41 Å². The van der Waals surface area contributed by atoms with Crippen LogP contribution in [-0.4, -0.2) is 48.9 Å². The van der Waals surface area contributed by atoms with Crippen LogP contribution in [0.15, 0.2) is 0 Å². The Morgan fingerprint density at radius 1 is 1.19 bits per heavy atom. The summed E-state index contributed by atoms with van der Waals surface area (Å²) in [5.74, 6) is 0.237. The van der Waals surface area contributed by atoms with Crippen molar-refractivity contribution in [1.82, 2.24) is 9.80 Å². The minimum absolute atomic E-state index is 0.232. The molecule has 0 unspecified atom stereocenters. The van der Waals surface area contributed by atoms with Gasteiger partial charge in [-0.1, -0.05) is 20.8 Å². The lowest BCUT2D eigenvalue weighted by molar-refractivity contribution is -0.140. The van der Waals surface area contributed by atoms with Crippen LogP contribution in [0.1, 0.15) is 40.0 Å². The Hall–Kier alpha value is -0.570. The lowest BCUT2D eigenvalue weighted by Gasteiger charge is -2.49. The van der Waals surface area contributed by atoms with Crippen molar-refractivity contribution in [2.45, 2.75) is 45.6 Å². The summed E-state index contributed by atoms with van der Waals surface area (Å²) >= 11 is 0. The Bertz CT molecular complexity index is 262. The van der Waals surface area contributed by atoms with Crippen LogP contribution in [0.3, 0.4) is 0 Å². The molecular formula is C13H26N2O. The largest absolute Gasteiger partial charge is 0.343 e. The second-order valence-electron chi connectivity index (χ2n) is 6.38. The third kappa shape index (κ3) is 2.57. The zero-order valence-electron chi connectivity index (χ0n) is 11.6. The molecule has 0 aromatic carbocycles. The molecular weight excluding hydrogens is 200 g/mol. The highest BCUT2D eigenvalue weighted by Gasteiger charge is 2.41. The highest BCUT2D eigenvalue weighted by atomic mass is 16.2. The van der Waals surface area contributed by atoms with Crippen molar-refractivity contribution in [3.63, 3.8) is 0 Å². The van der Waals surface area contributed by atoms with Crippen molar-refractivity contribution < 1.29 is 4.79 Å². The first-order valence-corrected chi connectivity index (χ1v) is 6.12. The van der Waals surface area contributed by atoms with Gasteiger partial charge in [0.1, 0.15) is 0 Å². The average Bonchev–Trinajstić information content (AvgIpc) is 2.07. The summed E-state index contributed by atoms with van der Waals surface area (Å²) in [5.41, 5.74) is -0.0400. The zero-order valence-corrected chi connectivity index (χ0v) is 11.6. The van der Waals surface area contributed by atoms with E-state index in [0.717, 1.165) is 6.54 Å². The topological polar surface area (TPSA) is 23.6 Å². The Labute approximate surface area is 99.8 Å². The second kappa shape index (κ2) is 4.36. The van der Waals surface area contributed by atoms with Gasteiger partial charge in [-0.25, -0.2) is 0 Å². The summed E-state index contributed by atoms with van der Waals surface area (Å²) in [7, 11) is 6.17. The van der Waals surface area contributed by atoms with Crippen LogP contribution < -0.4 is 0 Å². The van der Waals surface area contributed by atoms with Crippen molar-refractivity contribution in [1.29, 1.82) is 0 Å². The number of carbonyl (C=O) groups excluding carboxylic acids is 1. The van der Waals surface area contributed by atoms with Gasteiger partial charge < -0.3 is 9.80 Å². The van der Waals surface area contributed by atoms with Crippen molar-refractivity contribution in [3.8, 4) is 0 Å². The Morgan fingerprint density at radius 2 is 1.69 bits per heavy atom. The van der Waals surface area contributed by atoms with Gasteiger partial charge in [-0.2, -0.15) is 0 Å². The molecule has 0 bridgehead atoms.